The van der Waals surface area contributed by atoms with Crippen molar-refractivity contribution < 1.29 is 32.3 Å². The highest BCUT2D eigenvalue weighted by Gasteiger charge is 2.37. The van der Waals surface area contributed by atoms with Gasteiger partial charge in [0.25, 0.3) is 5.91 Å². The van der Waals surface area contributed by atoms with Gasteiger partial charge in [-0.15, -0.1) is 0 Å². The Bertz CT molecular complexity index is 1250. The van der Waals surface area contributed by atoms with Gasteiger partial charge >= 0.3 is 12.1 Å². The van der Waals surface area contributed by atoms with Crippen LogP contribution < -0.4 is 5.32 Å². The maximum Gasteiger partial charge on any atom is 0.416 e. The van der Waals surface area contributed by atoms with Crippen LogP contribution in [0, 0.1) is 0 Å². The second kappa shape index (κ2) is 12.7. The summed E-state index contributed by atoms with van der Waals surface area (Å²) in [6.45, 7) is 7.12. The maximum absolute atomic E-state index is 13.2. The van der Waals surface area contributed by atoms with Crippen LogP contribution in [0.4, 0.5) is 13.2 Å². The van der Waals surface area contributed by atoms with Crippen molar-refractivity contribution >= 4 is 17.8 Å². The van der Waals surface area contributed by atoms with Gasteiger partial charge in [0.15, 0.2) is 0 Å². The van der Waals surface area contributed by atoms with Gasteiger partial charge in [-0.1, -0.05) is 24.3 Å². The zero-order chi connectivity index (χ0) is 28.9. The Labute approximate surface area is 232 Å². The van der Waals surface area contributed by atoms with Crippen molar-refractivity contribution in [2.45, 2.75) is 51.7 Å². The summed E-state index contributed by atoms with van der Waals surface area (Å²) in [5.41, 5.74) is 1.54. The summed E-state index contributed by atoms with van der Waals surface area (Å²) in [5, 5.41) is 2.94. The first-order valence-electron chi connectivity index (χ1n) is 13.5. The molecule has 0 aliphatic carbocycles. The number of rotatable bonds is 9. The van der Waals surface area contributed by atoms with Crippen LogP contribution in [0.5, 0.6) is 0 Å². The lowest BCUT2D eigenvalue weighted by Crippen LogP contribution is -2.38. The predicted molar refractivity (Wildman–Crippen MR) is 143 cm³/mol. The summed E-state index contributed by atoms with van der Waals surface area (Å²) >= 11 is 0. The van der Waals surface area contributed by atoms with Crippen LogP contribution in [-0.2, 0) is 27.0 Å². The lowest BCUT2D eigenvalue weighted by atomic mass is 9.83. The Balaban J connectivity index is 1.49. The minimum atomic E-state index is -4.49. The minimum absolute atomic E-state index is 0.0889. The number of ether oxygens (including phenoxy) is 1. The number of amides is 2. The molecule has 4 rings (SSSR count). The van der Waals surface area contributed by atoms with Crippen LogP contribution in [-0.4, -0.2) is 60.4 Å². The molecule has 40 heavy (non-hydrogen) atoms. The number of nitrogens with one attached hydrogen (secondary N) is 1. The van der Waals surface area contributed by atoms with Crippen LogP contribution >= 0.6 is 0 Å². The number of benzene rings is 2. The molecule has 7 nitrogen and oxygen atoms in total. The lowest BCUT2D eigenvalue weighted by molar-refractivity contribution is -0.140. The molecule has 1 fully saturated rings. The van der Waals surface area contributed by atoms with E-state index in [9.17, 15) is 27.6 Å². The van der Waals surface area contributed by atoms with Crippen LogP contribution in [0.25, 0.3) is 0 Å². The summed E-state index contributed by atoms with van der Waals surface area (Å²) in [4.78, 5) is 42.5. The second-order valence-corrected chi connectivity index (χ2v) is 10.1. The zero-order valence-electron chi connectivity index (χ0n) is 22.7. The van der Waals surface area contributed by atoms with E-state index in [0.717, 1.165) is 37.3 Å². The van der Waals surface area contributed by atoms with Crippen molar-refractivity contribution in [1.29, 1.82) is 0 Å². The Hall–Kier alpha value is -3.66. The number of nitrogens with zero attached hydrogens (tertiary/aromatic N) is 2. The lowest BCUT2D eigenvalue weighted by Gasteiger charge is -2.34. The molecule has 2 heterocycles. The second-order valence-electron chi connectivity index (χ2n) is 10.1. The van der Waals surface area contributed by atoms with E-state index in [2.05, 4.69) is 10.2 Å². The molecule has 0 saturated carbocycles. The van der Waals surface area contributed by atoms with Gasteiger partial charge in [0.05, 0.1) is 24.3 Å². The molecule has 0 aromatic heterocycles. The van der Waals surface area contributed by atoms with Crippen molar-refractivity contribution in [2.75, 3.05) is 32.8 Å². The monoisotopic (exact) mass is 557 g/mol. The molecule has 1 N–H and O–H groups in total. The molecule has 0 radical (unpaired) electrons. The molecule has 2 aliphatic rings. The number of esters is 1. The first-order valence-corrected chi connectivity index (χ1v) is 13.5. The van der Waals surface area contributed by atoms with Crippen molar-refractivity contribution in [3.63, 3.8) is 0 Å². The van der Waals surface area contributed by atoms with E-state index in [-0.39, 0.29) is 37.0 Å². The molecule has 2 aromatic rings. The van der Waals surface area contributed by atoms with Crippen molar-refractivity contribution in [2.24, 2.45) is 0 Å². The average Bonchev–Trinajstić information content (AvgIpc) is 3.44. The molecule has 1 atom stereocenters. The molecule has 2 aliphatic heterocycles. The maximum atomic E-state index is 13.2. The van der Waals surface area contributed by atoms with Gasteiger partial charge in [0, 0.05) is 36.7 Å². The number of carbonyl (C=O) groups excluding carboxylic acids is 3. The third-order valence-corrected chi connectivity index (χ3v) is 7.43. The van der Waals surface area contributed by atoms with Gasteiger partial charge in [0.1, 0.15) is 0 Å². The number of alkyl halides is 3. The number of likely N-dealkylation sites (tertiary alicyclic amines) is 1. The Morgan fingerprint density at radius 1 is 1.02 bits per heavy atom. The van der Waals surface area contributed by atoms with Crippen LogP contribution in [0.1, 0.15) is 66.1 Å². The molecule has 1 saturated heterocycles. The number of hydrogen-bond donors (Lipinski definition) is 1. The first-order chi connectivity index (χ1) is 19.1. The third-order valence-electron chi connectivity index (χ3n) is 7.43. The van der Waals surface area contributed by atoms with E-state index in [0.29, 0.717) is 23.4 Å². The summed E-state index contributed by atoms with van der Waals surface area (Å²) in [6.07, 6.45) is -2.19. The summed E-state index contributed by atoms with van der Waals surface area (Å²) in [7, 11) is 0. The van der Waals surface area contributed by atoms with Crippen LogP contribution in [0.3, 0.4) is 0 Å². The highest BCUT2D eigenvalue weighted by Crippen LogP contribution is 2.39. The van der Waals surface area contributed by atoms with E-state index < -0.39 is 23.6 Å². The molecular formula is C30H34F3N3O4. The Kier molecular flexibility index (Phi) is 9.29. The molecule has 0 unspecified atom stereocenters. The van der Waals surface area contributed by atoms with Crippen LogP contribution in [0.15, 0.2) is 59.8 Å². The van der Waals surface area contributed by atoms with Crippen LogP contribution in [0.2, 0.25) is 0 Å². The fourth-order valence-electron chi connectivity index (χ4n) is 5.25. The smallest absolute Gasteiger partial charge is 0.416 e. The predicted octanol–water partition coefficient (Wildman–Crippen LogP) is 4.88. The van der Waals surface area contributed by atoms with Gasteiger partial charge in [-0.25, -0.2) is 4.79 Å². The number of carbonyl (C=O) groups is 3. The molecule has 2 aromatic carbocycles. The Morgan fingerprint density at radius 2 is 1.68 bits per heavy atom. The molecular weight excluding hydrogens is 523 g/mol. The van der Waals surface area contributed by atoms with Gasteiger partial charge in [-0.3, -0.25) is 9.59 Å². The van der Waals surface area contributed by atoms with E-state index >= 15 is 0 Å². The van der Waals surface area contributed by atoms with E-state index in [4.69, 9.17) is 4.74 Å². The highest BCUT2D eigenvalue weighted by molar-refractivity contribution is 5.96. The average molecular weight is 558 g/mol. The molecule has 10 heteroatoms. The standard InChI is InChI=1S/C30H34F3N3O4/c1-3-40-29(39)27-20(2)36(26(37)18-25(27)22-10-12-24(13-11-22)30(31,32)33)19-21-6-8-23(9-7-21)28(38)34-14-17-35-15-4-5-16-35/h6-13,25H,3-5,14-19H2,1-2H3,(H,34,38)/t25-/m1/s1. The fraction of sp³-hybridized carbons (Fsp3) is 0.433. The largest absolute Gasteiger partial charge is 0.463 e. The quantitative estimate of drug-likeness (QED) is 0.445. The normalized spacial score (nSPS) is 18.3. The SMILES string of the molecule is CCOC(=O)C1=C(C)N(Cc2ccc(C(=O)NCCN3CCCC3)cc2)C(=O)C[C@@H]1c1ccc(C(F)(F)F)cc1. The van der Waals surface area contributed by atoms with Crippen molar-refractivity contribution in [1.82, 2.24) is 15.1 Å². The van der Waals surface area contributed by atoms with Gasteiger partial charge in [-0.2, -0.15) is 13.2 Å². The Morgan fingerprint density at radius 3 is 2.27 bits per heavy atom. The first kappa shape index (κ1) is 29.3. The summed E-state index contributed by atoms with van der Waals surface area (Å²) in [6, 6.07) is 11.4. The van der Waals surface area contributed by atoms with E-state index in [1.54, 1.807) is 38.1 Å². The molecule has 0 spiro atoms. The summed E-state index contributed by atoms with van der Waals surface area (Å²) in [5.74, 6) is -1.76. The molecule has 2 amide bonds. The van der Waals surface area contributed by atoms with E-state index in [1.165, 1.54) is 29.9 Å². The van der Waals surface area contributed by atoms with Crippen molar-refractivity contribution in [3.05, 3.63) is 82.1 Å². The fourth-order valence-corrected chi connectivity index (χ4v) is 5.25. The number of allylic oxidation sites excluding steroid dienone is 1. The minimum Gasteiger partial charge on any atom is -0.463 e. The third kappa shape index (κ3) is 6.91. The highest BCUT2D eigenvalue weighted by atomic mass is 19.4. The number of hydrogen-bond acceptors (Lipinski definition) is 5. The van der Waals surface area contributed by atoms with Gasteiger partial charge in [-0.05, 0) is 75.2 Å². The van der Waals surface area contributed by atoms with E-state index in [1.807, 2.05) is 0 Å². The summed E-state index contributed by atoms with van der Waals surface area (Å²) < 4.78 is 44.4. The van der Waals surface area contributed by atoms with Gasteiger partial charge in [0.2, 0.25) is 5.91 Å². The zero-order valence-corrected chi connectivity index (χ0v) is 22.7. The number of halogens is 3. The molecule has 214 valence electrons. The van der Waals surface area contributed by atoms with Crippen molar-refractivity contribution in [3.8, 4) is 0 Å². The topological polar surface area (TPSA) is 79.0 Å². The molecule has 0 bridgehead atoms. The van der Waals surface area contributed by atoms with Gasteiger partial charge < -0.3 is 19.9 Å².